The molecule has 19 heavy (non-hydrogen) atoms. The molecule has 3 rings (SSSR count). The van der Waals surface area contributed by atoms with Crippen molar-refractivity contribution in [2.75, 3.05) is 12.4 Å². The van der Waals surface area contributed by atoms with Gasteiger partial charge in [-0.15, -0.1) is 0 Å². The fourth-order valence-electron chi connectivity index (χ4n) is 3.37. The number of rotatable bonds is 2. The molecule has 1 aromatic carbocycles. The van der Waals surface area contributed by atoms with E-state index in [4.69, 9.17) is 0 Å². The van der Waals surface area contributed by atoms with Crippen LogP contribution in [0.2, 0.25) is 0 Å². The molecule has 0 bridgehead atoms. The first kappa shape index (κ1) is 12.7. The molecule has 3 heteroatoms. The van der Waals surface area contributed by atoms with E-state index in [1.807, 2.05) is 0 Å². The van der Waals surface area contributed by atoms with Gasteiger partial charge in [0, 0.05) is 18.2 Å². The highest BCUT2D eigenvalue weighted by molar-refractivity contribution is 5.93. The summed E-state index contributed by atoms with van der Waals surface area (Å²) in [7, 11) is 2.06. The first-order valence-electron chi connectivity index (χ1n) is 7.36. The predicted molar refractivity (Wildman–Crippen MR) is 77.4 cm³/mol. The maximum atomic E-state index is 11.4. The largest absolute Gasteiger partial charge is 0.326 e. The Morgan fingerprint density at radius 3 is 2.68 bits per heavy atom. The lowest BCUT2D eigenvalue weighted by Crippen LogP contribution is -2.29. The fourth-order valence-corrected chi connectivity index (χ4v) is 3.37. The molecule has 2 aliphatic rings. The Hall–Kier alpha value is -1.35. The lowest BCUT2D eigenvalue weighted by molar-refractivity contribution is -0.116. The van der Waals surface area contributed by atoms with Gasteiger partial charge in [0.25, 0.3) is 0 Å². The van der Waals surface area contributed by atoms with Gasteiger partial charge in [0.15, 0.2) is 0 Å². The number of hydrogen-bond donors (Lipinski definition) is 2. The van der Waals surface area contributed by atoms with Crippen molar-refractivity contribution in [3.8, 4) is 0 Å². The van der Waals surface area contributed by atoms with Crippen molar-refractivity contribution < 1.29 is 4.79 Å². The molecule has 1 aliphatic heterocycles. The van der Waals surface area contributed by atoms with Crippen molar-refractivity contribution >= 4 is 11.6 Å². The van der Waals surface area contributed by atoms with Gasteiger partial charge in [-0.3, -0.25) is 4.79 Å². The number of carbonyl (C=O) groups excluding carboxylic acids is 1. The number of hydrogen-bond acceptors (Lipinski definition) is 2. The van der Waals surface area contributed by atoms with Crippen LogP contribution in [0.4, 0.5) is 5.69 Å². The minimum Gasteiger partial charge on any atom is -0.326 e. The van der Waals surface area contributed by atoms with Crippen LogP contribution in [-0.4, -0.2) is 19.0 Å². The van der Waals surface area contributed by atoms with Crippen molar-refractivity contribution in [3.63, 3.8) is 0 Å². The van der Waals surface area contributed by atoms with E-state index in [1.54, 1.807) is 0 Å². The summed E-state index contributed by atoms with van der Waals surface area (Å²) in [5, 5.41) is 6.34. The molecule has 1 amide bonds. The summed E-state index contributed by atoms with van der Waals surface area (Å²) in [5.41, 5.74) is 3.79. The molecule has 0 unspecified atom stereocenters. The normalized spacial score (nSPS) is 26.7. The third-order valence-corrected chi connectivity index (χ3v) is 4.63. The zero-order valence-corrected chi connectivity index (χ0v) is 11.5. The van der Waals surface area contributed by atoms with Gasteiger partial charge >= 0.3 is 0 Å². The van der Waals surface area contributed by atoms with Gasteiger partial charge < -0.3 is 10.6 Å². The van der Waals surface area contributed by atoms with Gasteiger partial charge in [-0.25, -0.2) is 0 Å². The summed E-state index contributed by atoms with van der Waals surface area (Å²) in [4.78, 5) is 11.4. The van der Waals surface area contributed by atoms with E-state index in [9.17, 15) is 4.79 Å². The highest BCUT2D eigenvalue weighted by Crippen LogP contribution is 2.35. The molecule has 1 aromatic rings. The maximum absolute atomic E-state index is 11.4. The van der Waals surface area contributed by atoms with Crippen LogP contribution < -0.4 is 10.6 Å². The lowest BCUT2D eigenvalue weighted by atomic mass is 9.81. The molecular formula is C16H22N2O. The van der Waals surface area contributed by atoms with Crippen molar-refractivity contribution in [3.05, 3.63) is 29.3 Å². The van der Waals surface area contributed by atoms with Gasteiger partial charge in [-0.2, -0.15) is 0 Å². The summed E-state index contributed by atoms with van der Waals surface area (Å²) >= 11 is 0. The number of aryl methyl sites for hydroxylation is 1. The number of fused-ring (bicyclic) bond motifs is 1. The van der Waals surface area contributed by atoms with Crippen LogP contribution in [0, 0.1) is 0 Å². The van der Waals surface area contributed by atoms with Gasteiger partial charge in [-0.05, 0) is 62.3 Å². The first-order valence-corrected chi connectivity index (χ1v) is 7.36. The highest BCUT2D eigenvalue weighted by Gasteiger charge is 2.23. The Labute approximate surface area is 114 Å². The molecule has 0 spiro atoms. The van der Waals surface area contributed by atoms with Crippen molar-refractivity contribution in [1.82, 2.24) is 5.32 Å². The average molecular weight is 258 g/mol. The van der Waals surface area contributed by atoms with E-state index >= 15 is 0 Å². The average Bonchev–Trinajstić information content (AvgIpc) is 2.47. The fraction of sp³-hybridized carbons (Fsp3) is 0.562. The molecule has 1 heterocycles. The third kappa shape index (κ3) is 2.66. The minimum atomic E-state index is 0.148. The molecule has 0 radical (unpaired) electrons. The molecule has 0 atom stereocenters. The number of carbonyl (C=O) groups is 1. The van der Waals surface area contributed by atoms with E-state index < -0.39 is 0 Å². The smallest absolute Gasteiger partial charge is 0.224 e. The van der Waals surface area contributed by atoms with Crippen LogP contribution in [0.15, 0.2) is 18.2 Å². The summed E-state index contributed by atoms with van der Waals surface area (Å²) in [6.07, 6.45) is 6.61. The van der Waals surface area contributed by atoms with Crippen LogP contribution in [0.1, 0.15) is 49.1 Å². The van der Waals surface area contributed by atoms with Crippen molar-refractivity contribution in [1.29, 1.82) is 0 Å². The Morgan fingerprint density at radius 1 is 1.16 bits per heavy atom. The van der Waals surface area contributed by atoms with Gasteiger partial charge in [0.1, 0.15) is 0 Å². The Balaban J connectivity index is 1.74. The van der Waals surface area contributed by atoms with Crippen LogP contribution in [0.3, 0.4) is 0 Å². The quantitative estimate of drug-likeness (QED) is 0.856. The van der Waals surface area contributed by atoms with E-state index in [2.05, 4.69) is 35.9 Å². The molecule has 2 N–H and O–H groups in total. The third-order valence-electron chi connectivity index (χ3n) is 4.63. The molecule has 102 valence electrons. The van der Waals surface area contributed by atoms with Crippen LogP contribution >= 0.6 is 0 Å². The Kier molecular flexibility index (Phi) is 3.56. The van der Waals surface area contributed by atoms with Crippen LogP contribution in [0.5, 0.6) is 0 Å². The summed E-state index contributed by atoms with van der Waals surface area (Å²) < 4.78 is 0. The second kappa shape index (κ2) is 5.33. The Bertz CT molecular complexity index is 476. The molecule has 1 fully saturated rings. The Morgan fingerprint density at radius 2 is 1.95 bits per heavy atom. The molecule has 3 nitrogen and oxygen atoms in total. The molecular weight excluding hydrogens is 236 g/mol. The second-order valence-electron chi connectivity index (χ2n) is 5.80. The minimum absolute atomic E-state index is 0.148. The van der Waals surface area contributed by atoms with E-state index in [0.717, 1.165) is 12.1 Å². The highest BCUT2D eigenvalue weighted by atomic mass is 16.1. The first-order chi connectivity index (χ1) is 9.26. The molecule has 0 aromatic heterocycles. The second-order valence-corrected chi connectivity index (χ2v) is 5.80. The standard InChI is InChI=1S/C16H22N2O/c1-17-14-6-2-11(3-7-14)12-4-8-15-13(10-12)5-9-16(19)18-15/h4,8,10-11,14,17H,2-3,5-7,9H2,1H3,(H,18,19). The monoisotopic (exact) mass is 258 g/mol. The van der Waals surface area contributed by atoms with Crippen LogP contribution in [-0.2, 0) is 11.2 Å². The van der Waals surface area contributed by atoms with Crippen molar-refractivity contribution in [2.24, 2.45) is 0 Å². The summed E-state index contributed by atoms with van der Waals surface area (Å²) in [6.45, 7) is 0. The van der Waals surface area contributed by atoms with Gasteiger partial charge in [-0.1, -0.05) is 12.1 Å². The topological polar surface area (TPSA) is 41.1 Å². The molecule has 1 aliphatic carbocycles. The SMILES string of the molecule is CNC1CCC(c2ccc3c(c2)CCC(=O)N3)CC1. The van der Waals surface area contributed by atoms with E-state index in [1.165, 1.54) is 36.8 Å². The number of anilines is 1. The summed E-state index contributed by atoms with van der Waals surface area (Å²) in [6, 6.07) is 7.31. The maximum Gasteiger partial charge on any atom is 0.224 e. The molecule has 0 saturated heterocycles. The molecule has 1 saturated carbocycles. The lowest BCUT2D eigenvalue weighted by Gasteiger charge is -2.29. The predicted octanol–water partition coefficient (Wildman–Crippen LogP) is 2.82. The number of nitrogens with one attached hydrogen (secondary N) is 2. The van der Waals surface area contributed by atoms with E-state index in [-0.39, 0.29) is 5.91 Å². The number of benzene rings is 1. The zero-order chi connectivity index (χ0) is 13.2. The van der Waals surface area contributed by atoms with E-state index in [0.29, 0.717) is 18.4 Å². The zero-order valence-electron chi connectivity index (χ0n) is 11.5. The summed E-state index contributed by atoms with van der Waals surface area (Å²) in [5.74, 6) is 0.849. The van der Waals surface area contributed by atoms with Gasteiger partial charge in [0.2, 0.25) is 5.91 Å². The van der Waals surface area contributed by atoms with Crippen molar-refractivity contribution in [2.45, 2.75) is 50.5 Å². The van der Waals surface area contributed by atoms with Gasteiger partial charge in [0.05, 0.1) is 0 Å². The number of amides is 1. The van der Waals surface area contributed by atoms with Crippen LogP contribution in [0.25, 0.3) is 0 Å².